The number of nitrogens with zero attached hydrogens (tertiary/aromatic N) is 1. The van der Waals surface area contributed by atoms with Crippen LogP contribution in [0.15, 0.2) is 18.2 Å². The quantitative estimate of drug-likeness (QED) is 0.552. The number of carbonyl (C=O) groups is 1. The van der Waals surface area contributed by atoms with Crippen molar-refractivity contribution in [3.05, 3.63) is 35.9 Å². The maximum absolute atomic E-state index is 12.4. The second kappa shape index (κ2) is 12.7. The van der Waals surface area contributed by atoms with Gasteiger partial charge in [-0.05, 0) is 18.6 Å². The third-order valence-electron chi connectivity index (χ3n) is 5.03. The van der Waals surface area contributed by atoms with E-state index in [1.165, 1.54) is 25.7 Å². The first-order chi connectivity index (χ1) is 13.2. The number of rotatable bonds is 12. The van der Waals surface area contributed by atoms with Crippen LogP contribution in [0.3, 0.4) is 0 Å². The van der Waals surface area contributed by atoms with Crippen molar-refractivity contribution in [3.63, 3.8) is 0 Å². The van der Waals surface area contributed by atoms with E-state index < -0.39 is 6.10 Å². The molecule has 1 fully saturated rings. The molecule has 2 atom stereocenters. The van der Waals surface area contributed by atoms with E-state index in [9.17, 15) is 9.90 Å². The first kappa shape index (κ1) is 21.7. The summed E-state index contributed by atoms with van der Waals surface area (Å²) in [7, 11) is 0. The second-order valence-corrected chi connectivity index (χ2v) is 7.30. The summed E-state index contributed by atoms with van der Waals surface area (Å²) >= 11 is 0. The van der Waals surface area contributed by atoms with Gasteiger partial charge in [0.25, 0.3) is 0 Å². The number of hydrogen-bond acceptors (Lipinski definition) is 4. The molecule has 0 saturated carbocycles. The SMILES string of the molecule is CCCCCCCCC(=O)N[C@H](CN1CCOCC1)[C@H](O)c1c#cccc1. The van der Waals surface area contributed by atoms with Crippen LogP contribution in [0, 0.1) is 12.1 Å². The number of nitrogens with one attached hydrogen (secondary N) is 1. The van der Waals surface area contributed by atoms with Crippen LogP contribution in [-0.2, 0) is 9.53 Å². The van der Waals surface area contributed by atoms with Crippen LogP contribution in [0.5, 0.6) is 0 Å². The number of aliphatic hydroxyl groups excluding tert-OH is 1. The zero-order valence-electron chi connectivity index (χ0n) is 16.6. The van der Waals surface area contributed by atoms with Gasteiger partial charge in [0.2, 0.25) is 5.91 Å². The highest BCUT2D eigenvalue weighted by atomic mass is 16.5. The molecule has 5 heteroatoms. The Kier molecular flexibility index (Phi) is 10.2. The first-order valence-electron chi connectivity index (χ1n) is 10.4. The van der Waals surface area contributed by atoms with Crippen molar-refractivity contribution in [2.45, 2.75) is 64.0 Å². The zero-order chi connectivity index (χ0) is 19.3. The molecule has 0 unspecified atom stereocenters. The molecule has 0 aromatic heterocycles. The zero-order valence-corrected chi connectivity index (χ0v) is 16.6. The van der Waals surface area contributed by atoms with Crippen molar-refractivity contribution >= 4 is 5.91 Å². The highest BCUT2D eigenvalue weighted by molar-refractivity contribution is 5.76. The number of hydrogen-bond donors (Lipinski definition) is 2. The number of unbranched alkanes of at least 4 members (excludes halogenated alkanes) is 5. The van der Waals surface area contributed by atoms with E-state index >= 15 is 0 Å². The number of aliphatic hydroxyl groups is 1. The van der Waals surface area contributed by atoms with Crippen LogP contribution < -0.4 is 5.32 Å². The summed E-state index contributed by atoms with van der Waals surface area (Å²) < 4.78 is 5.40. The highest BCUT2D eigenvalue weighted by Crippen LogP contribution is 2.17. The lowest BCUT2D eigenvalue weighted by molar-refractivity contribution is -0.123. The molecule has 1 heterocycles. The number of ether oxygens (including phenoxy) is 1. The third kappa shape index (κ3) is 8.30. The average Bonchev–Trinajstić information content (AvgIpc) is 2.71. The molecule has 0 aliphatic carbocycles. The van der Waals surface area contributed by atoms with Gasteiger partial charge in [0.1, 0.15) is 6.10 Å². The normalized spacial score (nSPS) is 17.1. The highest BCUT2D eigenvalue weighted by Gasteiger charge is 2.26. The van der Waals surface area contributed by atoms with Crippen LogP contribution in [0.1, 0.15) is 63.5 Å². The molecule has 2 N–H and O–H groups in total. The number of morpholine rings is 1. The third-order valence-corrected chi connectivity index (χ3v) is 5.03. The van der Waals surface area contributed by atoms with E-state index in [1.54, 1.807) is 6.07 Å². The minimum atomic E-state index is -0.793. The summed E-state index contributed by atoms with van der Waals surface area (Å²) in [5.74, 6) is 0.0164. The molecule has 2 rings (SSSR count). The summed E-state index contributed by atoms with van der Waals surface area (Å²) in [5, 5.41) is 13.9. The van der Waals surface area contributed by atoms with Gasteiger partial charge in [0, 0.05) is 31.6 Å². The minimum Gasteiger partial charge on any atom is -0.386 e. The van der Waals surface area contributed by atoms with Crippen LogP contribution in [0.4, 0.5) is 0 Å². The van der Waals surface area contributed by atoms with Crippen LogP contribution in [-0.4, -0.2) is 54.8 Å². The Morgan fingerprint density at radius 2 is 2.00 bits per heavy atom. The van der Waals surface area contributed by atoms with Gasteiger partial charge in [-0.1, -0.05) is 57.2 Å². The number of amides is 1. The average molecular weight is 375 g/mol. The van der Waals surface area contributed by atoms with Crippen molar-refractivity contribution in [1.82, 2.24) is 10.2 Å². The molecule has 1 saturated heterocycles. The van der Waals surface area contributed by atoms with E-state index in [2.05, 4.69) is 29.3 Å². The van der Waals surface area contributed by atoms with Crippen molar-refractivity contribution in [1.29, 1.82) is 0 Å². The minimum absolute atomic E-state index is 0.0164. The standard InChI is InChI=1S/C22H34N2O3/c1-2-3-4-5-6-10-13-21(25)23-20(18-24-14-16-27-17-15-24)22(26)19-11-8-7-9-12-19/h7-8,11,20,22,26H,2-6,10,13-18H2,1H3,(H,23,25)/t20-,22-/m1/s1. The fourth-order valence-corrected chi connectivity index (χ4v) is 3.39. The van der Waals surface area contributed by atoms with Gasteiger partial charge in [0.05, 0.1) is 19.3 Å². The monoisotopic (exact) mass is 374 g/mol. The predicted octanol–water partition coefficient (Wildman–Crippen LogP) is 2.89. The summed E-state index contributed by atoms with van der Waals surface area (Å²) in [5.41, 5.74) is 0.663. The maximum atomic E-state index is 12.4. The molecule has 27 heavy (non-hydrogen) atoms. The second-order valence-electron chi connectivity index (χ2n) is 7.30. The molecule has 1 aliphatic rings. The van der Waals surface area contributed by atoms with Crippen molar-refractivity contribution < 1.29 is 14.6 Å². The Balaban J connectivity index is 1.85. The summed E-state index contributed by atoms with van der Waals surface area (Å²) in [6, 6.07) is 10.9. The van der Waals surface area contributed by atoms with Crippen LogP contribution in [0.2, 0.25) is 0 Å². The van der Waals surface area contributed by atoms with E-state index in [-0.39, 0.29) is 11.9 Å². The molecule has 0 bridgehead atoms. The van der Waals surface area contributed by atoms with Crippen LogP contribution in [0.25, 0.3) is 0 Å². The van der Waals surface area contributed by atoms with Crippen LogP contribution >= 0.6 is 0 Å². The fourth-order valence-electron chi connectivity index (χ4n) is 3.39. The van der Waals surface area contributed by atoms with E-state index in [4.69, 9.17) is 4.74 Å². The van der Waals surface area contributed by atoms with Crippen molar-refractivity contribution in [3.8, 4) is 0 Å². The molecule has 1 aliphatic heterocycles. The Hall–Kier alpha value is -1.61. The topological polar surface area (TPSA) is 61.8 Å². The molecule has 1 aromatic carbocycles. The van der Waals surface area contributed by atoms with Crippen molar-refractivity contribution in [2.75, 3.05) is 32.8 Å². The van der Waals surface area contributed by atoms with Gasteiger partial charge in [-0.2, -0.15) is 0 Å². The Morgan fingerprint density at radius 3 is 2.70 bits per heavy atom. The van der Waals surface area contributed by atoms with Gasteiger partial charge < -0.3 is 15.2 Å². The van der Waals surface area contributed by atoms with E-state index in [0.717, 1.165) is 25.9 Å². The smallest absolute Gasteiger partial charge is 0.220 e. The molecule has 0 radical (unpaired) electrons. The van der Waals surface area contributed by atoms with Crippen molar-refractivity contribution in [2.24, 2.45) is 0 Å². The lowest BCUT2D eigenvalue weighted by atomic mass is 10.0. The van der Waals surface area contributed by atoms with Gasteiger partial charge in [-0.15, -0.1) is 0 Å². The lowest BCUT2D eigenvalue weighted by Gasteiger charge is -2.32. The molecule has 1 aromatic rings. The first-order valence-corrected chi connectivity index (χ1v) is 10.4. The Labute approximate surface area is 164 Å². The maximum Gasteiger partial charge on any atom is 0.220 e. The Bertz CT molecular complexity index is 518. The summed E-state index contributed by atoms with van der Waals surface area (Å²) in [6.45, 7) is 5.84. The van der Waals surface area contributed by atoms with Gasteiger partial charge in [-0.3, -0.25) is 9.69 Å². The van der Waals surface area contributed by atoms with Gasteiger partial charge in [0.15, 0.2) is 0 Å². The molecule has 150 valence electrons. The molecule has 1 amide bonds. The fraction of sp³-hybridized carbons (Fsp3) is 0.682. The summed E-state index contributed by atoms with van der Waals surface area (Å²) in [4.78, 5) is 14.7. The lowest BCUT2D eigenvalue weighted by Crippen LogP contribution is -2.49. The Morgan fingerprint density at radius 1 is 1.26 bits per heavy atom. The van der Waals surface area contributed by atoms with E-state index in [0.29, 0.717) is 31.7 Å². The predicted molar refractivity (Wildman–Crippen MR) is 106 cm³/mol. The molecule has 5 nitrogen and oxygen atoms in total. The molecular formula is C22H34N2O3. The van der Waals surface area contributed by atoms with Gasteiger partial charge in [-0.25, -0.2) is 0 Å². The van der Waals surface area contributed by atoms with Gasteiger partial charge >= 0.3 is 0 Å². The summed E-state index contributed by atoms with van der Waals surface area (Å²) in [6.07, 6.45) is 6.65. The number of carbonyl (C=O) groups excluding carboxylic acids is 1. The molecule has 0 spiro atoms. The molecular weight excluding hydrogens is 340 g/mol. The van der Waals surface area contributed by atoms with E-state index in [1.807, 2.05) is 12.1 Å². The largest absolute Gasteiger partial charge is 0.386 e.